The van der Waals surface area contributed by atoms with Crippen LogP contribution in [-0.2, 0) is 4.43 Å². The molecule has 0 aliphatic carbocycles. The molecular formula is C24H52OSi. The van der Waals surface area contributed by atoms with E-state index in [1.54, 1.807) is 0 Å². The third-order valence-corrected chi connectivity index (χ3v) is 11.0. The van der Waals surface area contributed by atoms with Gasteiger partial charge in [-0.25, -0.2) is 0 Å². The predicted octanol–water partition coefficient (Wildman–Crippen LogP) is 9.27. The van der Waals surface area contributed by atoms with E-state index in [4.69, 9.17) is 4.43 Å². The highest BCUT2D eigenvalue weighted by Crippen LogP contribution is 2.25. The van der Waals surface area contributed by atoms with E-state index in [9.17, 15) is 0 Å². The van der Waals surface area contributed by atoms with Crippen molar-refractivity contribution in [2.45, 2.75) is 149 Å². The van der Waals surface area contributed by atoms with Crippen molar-refractivity contribution in [2.75, 3.05) is 6.61 Å². The fourth-order valence-electron chi connectivity index (χ4n) is 4.18. The standard InChI is InChI=1S/C24H52OSi/c1-5-9-10-11-12-13-14-15-16-17-18-19-20-21-22-23-24-26(7-3,8-4)25-6-2/h5-24H2,1-4H3. The highest BCUT2D eigenvalue weighted by Gasteiger charge is 2.29. The molecule has 0 unspecified atom stereocenters. The summed E-state index contributed by atoms with van der Waals surface area (Å²) < 4.78 is 6.19. The van der Waals surface area contributed by atoms with Crippen LogP contribution in [0.5, 0.6) is 0 Å². The molecule has 0 aromatic rings. The number of rotatable bonds is 21. The lowest BCUT2D eigenvalue weighted by atomic mass is 10.0. The molecule has 0 heterocycles. The van der Waals surface area contributed by atoms with Crippen LogP contribution in [0.4, 0.5) is 0 Å². The monoisotopic (exact) mass is 384 g/mol. The van der Waals surface area contributed by atoms with Gasteiger partial charge in [-0.2, -0.15) is 0 Å². The Labute approximate surface area is 168 Å². The second-order valence-corrected chi connectivity index (χ2v) is 12.9. The Morgan fingerprint density at radius 1 is 0.462 bits per heavy atom. The summed E-state index contributed by atoms with van der Waals surface area (Å²) in [4.78, 5) is 0. The summed E-state index contributed by atoms with van der Waals surface area (Å²) in [5.41, 5.74) is 0. The van der Waals surface area contributed by atoms with Crippen molar-refractivity contribution in [1.29, 1.82) is 0 Å². The minimum Gasteiger partial charge on any atom is -0.417 e. The maximum absolute atomic E-state index is 6.19. The SMILES string of the molecule is CCCCCCCCCCCCCCCCCC[Si](CC)(CC)OCC. The molecule has 0 aromatic heterocycles. The molecule has 158 valence electrons. The van der Waals surface area contributed by atoms with Gasteiger partial charge in [-0.15, -0.1) is 0 Å². The Morgan fingerprint density at radius 2 is 0.808 bits per heavy atom. The Hall–Kier alpha value is 0.177. The van der Waals surface area contributed by atoms with Crippen molar-refractivity contribution >= 4 is 8.32 Å². The highest BCUT2D eigenvalue weighted by molar-refractivity contribution is 6.73. The second kappa shape index (κ2) is 19.9. The Bertz CT molecular complexity index is 263. The summed E-state index contributed by atoms with van der Waals surface area (Å²) >= 11 is 0. The van der Waals surface area contributed by atoms with Crippen LogP contribution in [0.15, 0.2) is 0 Å². The zero-order chi connectivity index (χ0) is 19.3. The van der Waals surface area contributed by atoms with Gasteiger partial charge in [0.15, 0.2) is 8.32 Å². The fourth-order valence-corrected chi connectivity index (χ4v) is 7.45. The molecule has 0 spiro atoms. The van der Waals surface area contributed by atoms with Crippen LogP contribution < -0.4 is 0 Å². The van der Waals surface area contributed by atoms with Crippen LogP contribution in [0.2, 0.25) is 18.1 Å². The van der Waals surface area contributed by atoms with Crippen LogP contribution in [0.1, 0.15) is 130 Å². The largest absolute Gasteiger partial charge is 0.417 e. The lowest BCUT2D eigenvalue weighted by Crippen LogP contribution is -2.36. The van der Waals surface area contributed by atoms with Gasteiger partial charge in [-0.1, -0.05) is 124 Å². The zero-order valence-corrected chi connectivity index (χ0v) is 20.1. The summed E-state index contributed by atoms with van der Waals surface area (Å²) in [5.74, 6) is 0. The van der Waals surface area contributed by atoms with E-state index < -0.39 is 8.32 Å². The summed E-state index contributed by atoms with van der Waals surface area (Å²) in [6.45, 7) is 10.1. The molecule has 0 aliphatic heterocycles. The maximum Gasteiger partial charge on any atom is 0.192 e. The van der Waals surface area contributed by atoms with E-state index in [2.05, 4.69) is 27.7 Å². The van der Waals surface area contributed by atoms with Crippen molar-refractivity contribution in [3.63, 3.8) is 0 Å². The lowest BCUT2D eigenvalue weighted by Gasteiger charge is -2.28. The molecule has 0 bridgehead atoms. The molecule has 0 saturated heterocycles. The van der Waals surface area contributed by atoms with E-state index in [-0.39, 0.29) is 0 Å². The van der Waals surface area contributed by atoms with E-state index >= 15 is 0 Å². The van der Waals surface area contributed by atoms with Gasteiger partial charge in [-0.3, -0.25) is 0 Å². The molecule has 0 aliphatic rings. The fraction of sp³-hybridized carbons (Fsp3) is 1.00. The zero-order valence-electron chi connectivity index (χ0n) is 19.1. The lowest BCUT2D eigenvalue weighted by molar-refractivity contribution is 0.318. The summed E-state index contributed by atoms with van der Waals surface area (Å²) in [5, 5.41) is 0. The highest BCUT2D eigenvalue weighted by atomic mass is 28.4. The molecular weight excluding hydrogens is 332 g/mol. The van der Waals surface area contributed by atoms with Gasteiger partial charge >= 0.3 is 0 Å². The first-order chi connectivity index (χ1) is 12.7. The molecule has 2 heteroatoms. The normalized spacial score (nSPS) is 12.0. The first-order valence-corrected chi connectivity index (χ1v) is 14.9. The van der Waals surface area contributed by atoms with Crippen LogP contribution in [0.25, 0.3) is 0 Å². The van der Waals surface area contributed by atoms with E-state index in [1.165, 1.54) is 121 Å². The van der Waals surface area contributed by atoms with Crippen molar-refractivity contribution < 1.29 is 4.43 Å². The van der Waals surface area contributed by atoms with Crippen molar-refractivity contribution in [2.24, 2.45) is 0 Å². The van der Waals surface area contributed by atoms with Gasteiger partial charge in [0.1, 0.15) is 0 Å². The van der Waals surface area contributed by atoms with Gasteiger partial charge in [0.2, 0.25) is 0 Å². The van der Waals surface area contributed by atoms with Gasteiger partial charge in [-0.05, 0) is 25.1 Å². The third kappa shape index (κ3) is 15.3. The van der Waals surface area contributed by atoms with Crippen LogP contribution in [-0.4, -0.2) is 14.9 Å². The molecule has 0 amide bonds. The summed E-state index contributed by atoms with van der Waals surface area (Å²) in [7, 11) is -1.35. The van der Waals surface area contributed by atoms with Crippen molar-refractivity contribution in [1.82, 2.24) is 0 Å². The van der Waals surface area contributed by atoms with Gasteiger partial charge in [0.25, 0.3) is 0 Å². The predicted molar refractivity (Wildman–Crippen MR) is 123 cm³/mol. The topological polar surface area (TPSA) is 9.23 Å². The number of hydrogen-bond donors (Lipinski definition) is 0. The van der Waals surface area contributed by atoms with Crippen molar-refractivity contribution in [3.05, 3.63) is 0 Å². The molecule has 0 saturated carbocycles. The first-order valence-electron chi connectivity index (χ1n) is 12.4. The number of unbranched alkanes of at least 4 members (excludes halogenated alkanes) is 15. The quantitative estimate of drug-likeness (QED) is 0.141. The number of hydrogen-bond acceptors (Lipinski definition) is 1. The Balaban J connectivity index is 3.29. The Kier molecular flexibility index (Phi) is 20.1. The van der Waals surface area contributed by atoms with E-state index in [1.807, 2.05) is 0 Å². The average Bonchev–Trinajstić information content (AvgIpc) is 2.66. The average molecular weight is 385 g/mol. The minimum atomic E-state index is -1.35. The van der Waals surface area contributed by atoms with Crippen LogP contribution >= 0.6 is 0 Å². The van der Waals surface area contributed by atoms with Gasteiger partial charge < -0.3 is 4.43 Å². The molecule has 0 N–H and O–H groups in total. The second-order valence-electron chi connectivity index (χ2n) is 8.38. The molecule has 1 nitrogen and oxygen atoms in total. The summed E-state index contributed by atoms with van der Waals surface area (Å²) in [6.07, 6.45) is 23.3. The molecule has 0 rings (SSSR count). The van der Waals surface area contributed by atoms with Crippen LogP contribution in [0, 0.1) is 0 Å². The first kappa shape index (κ1) is 26.2. The van der Waals surface area contributed by atoms with E-state index in [0.29, 0.717) is 0 Å². The molecule has 0 fully saturated rings. The smallest absolute Gasteiger partial charge is 0.192 e. The summed E-state index contributed by atoms with van der Waals surface area (Å²) in [6, 6.07) is 4.00. The molecule has 0 radical (unpaired) electrons. The Morgan fingerprint density at radius 3 is 1.12 bits per heavy atom. The van der Waals surface area contributed by atoms with Gasteiger partial charge in [0.05, 0.1) is 0 Å². The van der Waals surface area contributed by atoms with E-state index in [0.717, 1.165) is 6.61 Å². The molecule has 0 aromatic carbocycles. The molecule has 26 heavy (non-hydrogen) atoms. The van der Waals surface area contributed by atoms with Gasteiger partial charge in [0, 0.05) is 6.61 Å². The minimum absolute atomic E-state index is 0.923. The van der Waals surface area contributed by atoms with Crippen LogP contribution in [0.3, 0.4) is 0 Å². The maximum atomic E-state index is 6.19. The molecule has 0 atom stereocenters. The van der Waals surface area contributed by atoms with Crippen molar-refractivity contribution in [3.8, 4) is 0 Å². The third-order valence-electron chi connectivity index (χ3n) is 6.23.